The highest BCUT2D eigenvalue weighted by Crippen LogP contribution is 2.43. The van der Waals surface area contributed by atoms with Gasteiger partial charge >= 0.3 is 22.3 Å². The molecule has 0 aromatic rings. The van der Waals surface area contributed by atoms with E-state index in [2.05, 4.69) is 4.74 Å². The maximum Gasteiger partial charge on any atom is 0.421 e. The van der Waals surface area contributed by atoms with E-state index >= 15 is 0 Å². The molecule has 9 heteroatoms. The van der Waals surface area contributed by atoms with Crippen LogP contribution in [-0.2, 0) is 19.7 Å². The van der Waals surface area contributed by atoms with E-state index in [9.17, 15) is 18.0 Å². The summed E-state index contributed by atoms with van der Waals surface area (Å²) in [7, 11) is -2.97. The van der Waals surface area contributed by atoms with Crippen molar-refractivity contribution < 1.29 is 27.9 Å². The van der Waals surface area contributed by atoms with E-state index in [1.54, 1.807) is 4.72 Å². The highest BCUT2D eigenvalue weighted by molar-refractivity contribution is 7.87. The summed E-state index contributed by atoms with van der Waals surface area (Å²) in [4.78, 5) is 22.0. The summed E-state index contributed by atoms with van der Waals surface area (Å²) in [5.41, 5.74) is 0. The van der Waals surface area contributed by atoms with Gasteiger partial charge in [-0.25, -0.2) is 9.52 Å². The number of rotatable bonds is 3. The minimum atomic E-state index is -4.03. The van der Waals surface area contributed by atoms with Gasteiger partial charge in [-0.05, 0) is 19.3 Å². The Hall–Kier alpha value is -1.35. The van der Waals surface area contributed by atoms with Crippen LogP contribution in [-0.4, -0.2) is 49.1 Å². The molecule has 0 spiro atoms. The summed E-state index contributed by atoms with van der Waals surface area (Å²) in [6.45, 7) is 0. The lowest BCUT2D eigenvalue weighted by Gasteiger charge is -2.21. The van der Waals surface area contributed by atoms with E-state index in [0.29, 0.717) is 19.3 Å². The summed E-state index contributed by atoms with van der Waals surface area (Å²) in [6, 6.07) is -0.923. The minimum absolute atomic E-state index is 0.294. The van der Waals surface area contributed by atoms with Crippen LogP contribution in [0.2, 0.25) is 0 Å². The van der Waals surface area contributed by atoms with Crippen LogP contribution in [0.15, 0.2) is 0 Å². The van der Waals surface area contributed by atoms with Crippen LogP contribution >= 0.6 is 0 Å². The molecule has 2 fully saturated rings. The van der Waals surface area contributed by atoms with E-state index in [1.807, 2.05) is 0 Å². The molecule has 0 aromatic carbocycles. The standard InChI is InChI=1S/C9H14N2O6S/c1-17-9(14)10-18(15,16)11-5-2-3-7(11)6(4-5)8(12)13/h5-7H,2-4H2,1H3,(H,10,14)(H,12,13). The van der Waals surface area contributed by atoms with Gasteiger partial charge in [-0.15, -0.1) is 0 Å². The zero-order valence-electron chi connectivity index (χ0n) is 9.70. The summed E-state index contributed by atoms with van der Waals surface area (Å²) in [6.07, 6.45) is 0.343. The number of nitrogens with zero attached hydrogens (tertiary/aromatic N) is 1. The molecule has 3 unspecified atom stereocenters. The van der Waals surface area contributed by atoms with E-state index in [0.717, 1.165) is 11.4 Å². The third-order valence-corrected chi connectivity index (χ3v) is 5.01. The molecule has 2 saturated heterocycles. The molecule has 0 saturated carbocycles. The normalized spacial score (nSPS) is 31.3. The fraction of sp³-hybridized carbons (Fsp3) is 0.778. The topological polar surface area (TPSA) is 113 Å². The zero-order chi connectivity index (χ0) is 13.5. The van der Waals surface area contributed by atoms with Gasteiger partial charge in [0.2, 0.25) is 0 Å². The summed E-state index contributed by atoms with van der Waals surface area (Å²) in [5, 5.41) is 9.01. The molecule has 2 aliphatic rings. The average Bonchev–Trinajstić information content (AvgIpc) is 2.85. The Balaban J connectivity index is 2.20. The number of fused-ring (bicyclic) bond motifs is 2. The number of methoxy groups -OCH3 is 1. The highest BCUT2D eigenvalue weighted by atomic mass is 32.2. The summed E-state index contributed by atoms with van der Waals surface area (Å²) in [5.74, 6) is -1.70. The van der Waals surface area contributed by atoms with Crippen LogP contribution in [0.3, 0.4) is 0 Å². The van der Waals surface area contributed by atoms with Crippen molar-refractivity contribution >= 4 is 22.3 Å². The first-order chi connectivity index (χ1) is 8.36. The Morgan fingerprint density at radius 1 is 1.39 bits per heavy atom. The number of carbonyl (C=O) groups excluding carboxylic acids is 1. The molecule has 2 rings (SSSR count). The number of amides is 1. The average molecular weight is 278 g/mol. The van der Waals surface area contributed by atoms with Gasteiger partial charge in [0, 0.05) is 12.1 Å². The first kappa shape index (κ1) is 13.1. The molecule has 1 amide bonds. The summed E-state index contributed by atoms with van der Waals surface area (Å²) >= 11 is 0. The minimum Gasteiger partial charge on any atom is -0.481 e. The third-order valence-electron chi connectivity index (χ3n) is 3.47. The van der Waals surface area contributed by atoms with Crippen molar-refractivity contribution in [2.75, 3.05) is 7.11 Å². The largest absolute Gasteiger partial charge is 0.481 e. The van der Waals surface area contributed by atoms with Crippen molar-refractivity contribution in [3.63, 3.8) is 0 Å². The number of ether oxygens (including phenoxy) is 1. The number of aliphatic carboxylic acids is 1. The Kier molecular flexibility index (Phi) is 3.20. The molecule has 2 heterocycles. The Morgan fingerprint density at radius 2 is 2.06 bits per heavy atom. The SMILES string of the molecule is COC(=O)NS(=O)(=O)N1C2CCC1C(C(=O)O)C2. The van der Waals surface area contributed by atoms with Crippen molar-refractivity contribution in [3.05, 3.63) is 0 Å². The second-order valence-corrected chi connectivity index (χ2v) is 5.98. The van der Waals surface area contributed by atoms with Gasteiger partial charge in [0.15, 0.2) is 0 Å². The maximum atomic E-state index is 12.0. The first-order valence-corrected chi connectivity index (χ1v) is 6.93. The Morgan fingerprint density at radius 3 is 2.56 bits per heavy atom. The van der Waals surface area contributed by atoms with E-state index in [4.69, 9.17) is 5.11 Å². The van der Waals surface area contributed by atoms with E-state index in [-0.39, 0.29) is 6.04 Å². The quantitative estimate of drug-likeness (QED) is 0.721. The summed E-state index contributed by atoms with van der Waals surface area (Å²) < 4.78 is 31.0. The number of hydrogen-bond donors (Lipinski definition) is 2. The molecule has 2 bridgehead atoms. The molecule has 0 aromatic heterocycles. The fourth-order valence-electron chi connectivity index (χ4n) is 2.78. The van der Waals surface area contributed by atoms with Crippen molar-refractivity contribution in [2.24, 2.45) is 5.92 Å². The lowest BCUT2D eigenvalue weighted by Crippen LogP contribution is -2.46. The molecule has 2 aliphatic heterocycles. The first-order valence-electron chi connectivity index (χ1n) is 5.49. The molecule has 0 radical (unpaired) electrons. The number of nitrogens with one attached hydrogen (secondary N) is 1. The predicted octanol–water partition coefficient (Wildman–Crippen LogP) is -0.475. The van der Waals surface area contributed by atoms with Crippen molar-refractivity contribution in [2.45, 2.75) is 31.3 Å². The van der Waals surface area contributed by atoms with Gasteiger partial charge in [-0.1, -0.05) is 0 Å². The fourth-order valence-corrected chi connectivity index (χ4v) is 4.37. The van der Waals surface area contributed by atoms with Gasteiger partial charge in [0.1, 0.15) is 0 Å². The van der Waals surface area contributed by atoms with Crippen molar-refractivity contribution in [3.8, 4) is 0 Å². The number of carboxylic acids is 1. The number of hydrogen-bond acceptors (Lipinski definition) is 5. The lowest BCUT2D eigenvalue weighted by molar-refractivity contribution is -0.142. The molecular weight excluding hydrogens is 264 g/mol. The molecule has 0 aliphatic carbocycles. The van der Waals surface area contributed by atoms with Crippen LogP contribution in [0.4, 0.5) is 4.79 Å². The van der Waals surface area contributed by atoms with Gasteiger partial charge in [0.25, 0.3) is 0 Å². The van der Waals surface area contributed by atoms with Crippen LogP contribution in [0.5, 0.6) is 0 Å². The van der Waals surface area contributed by atoms with Crippen LogP contribution in [0, 0.1) is 5.92 Å². The predicted molar refractivity (Wildman–Crippen MR) is 58.9 cm³/mol. The van der Waals surface area contributed by atoms with Crippen LogP contribution in [0.1, 0.15) is 19.3 Å². The molecule has 8 nitrogen and oxygen atoms in total. The Bertz CT molecular complexity index is 475. The lowest BCUT2D eigenvalue weighted by atomic mass is 9.89. The second-order valence-electron chi connectivity index (χ2n) is 4.41. The van der Waals surface area contributed by atoms with E-state index < -0.39 is 34.2 Å². The molecule has 102 valence electrons. The zero-order valence-corrected chi connectivity index (χ0v) is 10.5. The third kappa shape index (κ3) is 2.03. The van der Waals surface area contributed by atoms with Crippen molar-refractivity contribution in [1.82, 2.24) is 9.03 Å². The molecule has 3 atom stereocenters. The number of carbonyl (C=O) groups is 2. The Labute approximate surface area is 104 Å². The van der Waals surface area contributed by atoms with Gasteiger partial charge in [0.05, 0.1) is 13.0 Å². The highest BCUT2D eigenvalue weighted by Gasteiger charge is 2.54. The van der Waals surface area contributed by atoms with Crippen LogP contribution < -0.4 is 4.72 Å². The van der Waals surface area contributed by atoms with Crippen LogP contribution in [0.25, 0.3) is 0 Å². The van der Waals surface area contributed by atoms with Crippen molar-refractivity contribution in [1.29, 1.82) is 0 Å². The van der Waals surface area contributed by atoms with Gasteiger partial charge in [-0.2, -0.15) is 12.7 Å². The smallest absolute Gasteiger partial charge is 0.421 e. The molecule has 18 heavy (non-hydrogen) atoms. The number of carboxylic acid groups (broad SMARTS) is 1. The second kappa shape index (κ2) is 4.39. The van der Waals surface area contributed by atoms with E-state index in [1.165, 1.54) is 0 Å². The monoisotopic (exact) mass is 278 g/mol. The molecular formula is C9H14N2O6S. The van der Waals surface area contributed by atoms with Gasteiger partial charge in [-0.3, -0.25) is 4.79 Å². The maximum absolute atomic E-state index is 12.0. The van der Waals surface area contributed by atoms with Gasteiger partial charge < -0.3 is 9.84 Å². The molecule has 2 N–H and O–H groups in total.